The van der Waals surface area contributed by atoms with E-state index in [-0.39, 0.29) is 11.8 Å². The van der Waals surface area contributed by atoms with Crippen LogP contribution in [0.2, 0.25) is 0 Å². The molecule has 0 heterocycles. The predicted molar refractivity (Wildman–Crippen MR) is 75.9 cm³/mol. The number of amides is 1. The Bertz CT molecular complexity index is 393. The number of unbranched alkanes of at least 4 members (excludes halogenated alkanes) is 1. The Morgan fingerprint density at radius 3 is 2.88 bits per heavy atom. The molecule has 94 valence electrons. The van der Waals surface area contributed by atoms with E-state index in [1.54, 1.807) is 12.1 Å². The summed E-state index contributed by atoms with van der Waals surface area (Å²) in [4.78, 5) is 11.9. The van der Waals surface area contributed by atoms with Gasteiger partial charge in [-0.1, -0.05) is 26.7 Å². The van der Waals surface area contributed by atoms with E-state index < -0.39 is 0 Å². The highest BCUT2D eigenvalue weighted by atomic mass is 79.9. The minimum Gasteiger partial charge on any atom is -0.399 e. The lowest BCUT2D eigenvalue weighted by atomic mass is 10.0. The summed E-state index contributed by atoms with van der Waals surface area (Å²) in [5.74, 6) is 0.0769. The third kappa shape index (κ3) is 4.38. The van der Waals surface area contributed by atoms with Crippen LogP contribution in [0.3, 0.4) is 0 Å². The highest BCUT2D eigenvalue weighted by Crippen LogP contribution is 2.25. The van der Waals surface area contributed by atoms with E-state index in [2.05, 4.69) is 28.2 Å². The van der Waals surface area contributed by atoms with Crippen LogP contribution in [0.25, 0.3) is 0 Å². The average molecular weight is 299 g/mol. The number of nitrogens with one attached hydrogen (secondary N) is 1. The quantitative estimate of drug-likeness (QED) is 0.813. The maximum Gasteiger partial charge on any atom is 0.227 e. The molecule has 0 saturated heterocycles. The van der Waals surface area contributed by atoms with E-state index in [1.165, 1.54) is 0 Å². The lowest BCUT2D eigenvalue weighted by molar-refractivity contribution is -0.119. The van der Waals surface area contributed by atoms with Gasteiger partial charge in [0.25, 0.3) is 0 Å². The predicted octanol–water partition coefficient (Wildman–Crippen LogP) is 3.80. The van der Waals surface area contributed by atoms with Crippen molar-refractivity contribution in [3.05, 3.63) is 22.7 Å². The molecule has 1 aromatic carbocycles. The average Bonchev–Trinajstić information content (AvgIpc) is 2.30. The number of nitrogen functional groups attached to an aromatic ring is 1. The molecule has 0 aliphatic rings. The second-order valence-corrected chi connectivity index (χ2v) is 5.13. The second-order valence-electron chi connectivity index (χ2n) is 4.27. The van der Waals surface area contributed by atoms with Crippen LogP contribution in [0.1, 0.15) is 33.1 Å². The van der Waals surface area contributed by atoms with Crippen molar-refractivity contribution in [1.82, 2.24) is 0 Å². The summed E-state index contributed by atoms with van der Waals surface area (Å²) in [5, 5.41) is 2.89. The standard InChI is InChI=1S/C13H19BrN2O/c1-3-4-5-9(2)13(17)16-12-8-10(15)6-7-11(12)14/h6-9H,3-5,15H2,1-2H3,(H,16,17). The number of carbonyl (C=O) groups is 1. The molecule has 0 bridgehead atoms. The molecule has 1 unspecified atom stereocenters. The first-order valence-corrected chi connectivity index (χ1v) is 6.69. The number of anilines is 2. The van der Waals surface area contributed by atoms with Gasteiger partial charge in [-0.15, -0.1) is 0 Å². The van der Waals surface area contributed by atoms with Gasteiger partial charge in [0.15, 0.2) is 0 Å². The first-order chi connectivity index (χ1) is 8.04. The van der Waals surface area contributed by atoms with Gasteiger partial charge >= 0.3 is 0 Å². The van der Waals surface area contributed by atoms with Crippen LogP contribution in [0.4, 0.5) is 11.4 Å². The van der Waals surface area contributed by atoms with E-state index in [0.717, 1.165) is 29.4 Å². The van der Waals surface area contributed by atoms with Crippen molar-refractivity contribution >= 4 is 33.2 Å². The monoisotopic (exact) mass is 298 g/mol. The summed E-state index contributed by atoms with van der Waals surface area (Å²) in [6.45, 7) is 4.07. The van der Waals surface area contributed by atoms with E-state index >= 15 is 0 Å². The second kappa shape index (κ2) is 6.64. The third-order valence-corrected chi connectivity index (χ3v) is 3.38. The SMILES string of the molecule is CCCCC(C)C(=O)Nc1cc(N)ccc1Br. The Kier molecular flexibility index (Phi) is 5.48. The highest BCUT2D eigenvalue weighted by Gasteiger charge is 2.13. The van der Waals surface area contributed by atoms with Crippen molar-refractivity contribution in [2.24, 2.45) is 5.92 Å². The molecular weight excluding hydrogens is 280 g/mol. The van der Waals surface area contributed by atoms with Gasteiger partial charge in [0.2, 0.25) is 5.91 Å². The first kappa shape index (κ1) is 14.0. The fourth-order valence-corrected chi connectivity index (χ4v) is 1.88. The lowest BCUT2D eigenvalue weighted by Gasteiger charge is -2.13. The van der Waals surface area contributed by atoms with Crippen LogP contribution in [0.5, 0.6) is 0 Å². The van der Waals surface area contributed by atoms with Crippen molar-refractivity contribution in [3.63, 3.8) is 0 Å². The molecule has 0 saturated carbocycles. The minimum absolute atomic E-state index is 0.0308. The number of rotatable bonds is 5. The first-order valence-electron chi connectivity index (χ1n) is 5.90. The molecule has 3 N–H and O–H groups in total. The van der Waals surface area contributed by atoms with Gasteiger partial charge in [0, 0.05) is 16.1 Å². The van der Waals surface area contributed by atoms with Gasteiger partial charge < -0.3 is 11.1 Å². The number of halogens is 1. The van der Waals surface area contributed by atoms with Gasteiger partial charge in [-0.2, -0.15) is 0 Å². The zero-order chi connectivity index (χ0) is 12.8. The molecular formula is C13H19BrN2O. The number of benzene rings is 1. The van der Waals surface area contributed by atoms with Crippen molar-refractivity contribution in [1.29, 1.82) is 0 Å². The third-order valence-electron chi connectivity index (χ3n) is 2.69. The molecule has 1 amide bonds. The molecule has 0 radical (unpaired) electrons. The van der Waals surface area contributed by atoms with E-state index in [1.807, 2.05) is 13.0 Å². The minimum atomic E-state index is 0.0308. The molecule has 0 aliphatic carbocycles. The van der Waals surface area contributed by atoms with Crippen LogP contribution in [-0.4, -0.2) is 5.91 Å². The molecule has 4 heteroatoms. The largest absolute Gasteiger partial charge is 0.399 e. The van der Waals surface area contributed by atoms with E-state index in [4.69, 9.17) is 5.73 Å². The normalized spacial score (nSPS) is 12.2. The summed E-state index contributed by atoms with van der Waals surface area (Å²) in [5.41, 5.74) is 7.07. The van der Waals surface area contributed by atoms with Crippen molar-refractivity contribution in [3.8, 4) is 0 Å². The van der Waals surface area contributed by atoms with Gasteiger partial charge in [-0.3, -0.25) is 4.79 Å². The summed E-state index contributed by atoms with van der Waals surface area (Å²) in [7, 11) is 0. The zero-order valence-electron chi connectivity index (χ0n) is 10.3. The highest BCUT2D eigenvalue weighted by molar-refractivity contribution is 9.10. The van der Waals surface area contributed by atoms with Gasteiger partial charge in [0.05, 0.1) is 5.69 Å². The van der Waals surface area contributed by atoms with E-state index in [9.17, 15) is 4.79 Å². The topological polar surface area (TPSA) is 55.1 Å². The molecule has 0 spiro atoms. The van der Waals surface area contributed by atoms with Gasteiger partial charge in [0.1, 0.15) is 0 Å². The summed E-state index contributed by atoms with van der Waals surface area (Å²) < 4.78 is 0.850. The summed E-state index contributed by atoms with van der Waals surface area (Å²) in [6.07, 6.45) is 3.11. The Morgan fingerprint density at radius 1 is 1.53 bits per heavy atom. The molecule has 1 aromatic rings. The number of hydrogen-bond acceptors (Lipinski definition) is 2. The maximum atomic E-state index is 11.9. The van der Waals surface area contributed by atoms with E-state index in [0.29, 0.717) is 5.69 Å². The fourth-order valence-electron chi connectivity index (χ4n) is 1.54. The molecule has 17 heavy (non-hydrogen) atoms. The van der Waals surface area contributed by atoms with Crippen molar-refractivity contribution in [2.75, 3.05) is 11.1 Å². The van der Waals surface area contributed by atoms with Crippen LogP contribution in [0, 0.1) is 5.92 Å². The Hall–Kier alpha value is -1.03. The summed E-state index contributed by atoms with van der Waals surface area (Å²) in [6, 6.07) is 5.39. The zero-order valence-corrected chi connectivity index (χ0v) is 11.9. The van der Waals surface area contributed by atoms with Crippen molar-refractivity contribution < 1.29 is 4.79 Å². The molecule has 1 atom stereocenters. The van der Waals surface area contributed by atoms with Crippen LogP contribution in [-0.2, 0) is 4.79 Å². The Balaban J connectivity index is 2.64. The Morgan fingerprint density at radius 2 is 2.24 bits per heavy atom. The summed E-state index contributed by atoms with van der Waals surface area (Å²) >= 11 is 3.39. The molecule has 0 aromatic heterocycles. The smallest absolute Gasteiger partial charge is 0.227 e. The van der Waals surface area contributed by atoms with Gasteiger partial charge in [-0.25, -0.2) is 0 Å². The molecule has 3 nitrogen and oxygen atoms in total. The fraction of sp³-hybridized carbons (Fsp3) is 0.462. The van der Waals surface area contributed by atoms with Crippen LogP contribution >= 0.6 is 15.9 Å². The Labute approximate surface area is 111 Å². The molecule has 0 aliphatic heterocycles. The maximum absolute atomic E-state index is 11.9. The van der Waals surface area contributed by atoms with Crippen LogP contribution < -0.4 is 11.1 Å². The molecule has 0 fully saturated rings. The lowest BCUT2D eigenvalue weighted by Crippen LogP contribution is -2.20. The number of hydrogen-bond donors (Lipinski definition) is 2. The number of carbonyl (C=O) groups excluding carboxylic acids is 1. The number of nitrogens with two attached hydrogens (primary N) is 1. The van der Waals surface area contributed by atoms with Gasteiger partial charge in [-0.05, 0) is 40.5 Å². The van der Waals surface area contributed by atoms with Crippen molar-refractivity contribution in [2.45, 2.75) is 33.1 Å². The molecule has 1 rings (SSSR count). The van der Waals surface area contributed by atoms with Crippen LogP contribution in [0.15, 0.2) is 22.7 Å².